The number of carbonyl (C=O) groups is 1. The van der Waals surface area contributed by atoms with Gasteiger partial charge in [-0.15, -0.1) is 0 Å². The SMILES string of the molecule is NC(=O)C1COCCN1Cc1ccc(F)cc1C#CCO. The molecule has 0 aliphatic carbocycles. The number of hydrogen-bond acceptors (Lipinski definition) is 4. The molecule has 1 heterocycles. The van der Waals surface area contributed by atoms with Crippen molar-refractivity contribution < 1.29 is 19.0 Å². The summed E-state index contributed by atoms with van der Waals surface area (Å²) in [6, 6.07) is 3.80. The van der Waals surface area contributed by atoms with Crippen molar-refractivity contribution in [3.8, 4) is 11.8 Å². The molecule has 5 nitrogen and oxygen atoms in total. The molecule has 1 aromatic carbocycles. The maximum atomic E-state index is 13.3. The van der Waals surface area contributed by atoms with E-state index in [9.17, 15) is 9.18 Å². The third-order valence-electron chi connectivity index (χ3n) is 3.32. The number of amides is 1. The lowest BCUT2D eigenvalue weighted by Crippen LogP contribution is -2.51. The molecule has 3 N–H and O–H groups in total. The van der Waals surface area contributed by atoms with Crippen LogP contribution in [0.5, 0.6) is 0 Å². The van der Waals surface area contributed by atoms with Gasteiger partial charge in [0.25, 0.3) is 0 Å². The van der Waals surface area contributed by atoms with Crippen LogP contribution in [0.15, 0.2) is 18.2 Å². The van der Waals surface area contributed by atoms with Gasteiger partial charge in [-0.1, -0.05) is 17.9 Å². The summed E-state index contributed by atoms with van der Waals surface area (Å²) in [5.41, 5.74) is 6.65. The Balaban J connectivity index is 2.23. The van der Waals surface area contributed by atoms with Crippen LogP contribution in [0.2, 0.25) is 0 Å². The van der Waals surface area contributed by atoms with Crippen LogP contribution in [-0.4, -0.2) is 48.3 Å². The van der Waals surface area contributed by atoms with Crippen LogP contribution in [0.1, 0.15) is 11.1 Å². The number of carbonyl (C=O) groups excluding carboxylic acids is 1. The van der Waals surface area contributed by atoms with Crippen molar-refractivity contribution in [1.29, 1.82) is 0 Å². The molecule has 0 bridgehead atoms. The van der Waals surface area contributed by atoms with E-state index in [1.807, 2.05) is 4.90 Å². The number of aliphatic hydroxyl groups is 1. The van der Waals surface area contributed by atoms with Gasteiger partial charge in [0.2, 0.25) is 5.91 Å². The van der Waals surface area contributed by atoms with Crippen molar-refractivity contribution in [3.63, 3.8) is 0 Å². The predicted molar refractivity (Wildman–Crippen MR) is 74.6 cm³/mol. The molecule has 1 unspecified atom stereocenters. The standard InChI is InChI=1S/C15H17FN2O3/c16-13-4-3-12(11(8-13)2-1-6-19)9-18-5-7-21-10-14(18)15(17)20/h3-4,8,14,19H,5-7,9-10H2,(H2,17,20). The smallest absolute Gasteiger partial charge is 0.237 e. The van der Waals surface area contributed by atoms with E-state index in [2.05, 4.69) is 11.8 Å². The van der Waals surface area contributed by atoms with Crippen LogP contribution in [0.3, 0.4) is 0 Å². The fourth-order valence-corrected chi connectivity index (χ4v) is 2.25. The third-order valence-corrected chi connectivity index (χ3v) is 3.32. The molecule has 1 aromatic rings. The molecule has 1 atom stereocenters. The summed E-state index contributed by atoms with van der Waals surface area (Å²) in [7, 11) is 0. The van der Waals surface area contributed by atoms with Gasteiger partial charge >= 0.3 is 0 Å². The Kier molecular flexibility index (Phi) is 5.28. The van der Waals surface area contributed by atoms with E-state index in [0.29, 0.717) is 25.3 Å². The lowest BCUT2D eigenvalue weighted by Gasteiger charge is -2.33. The molecule has 1 saturated heterocycles. The van der Waals surface area contributed by atoms with Gasteiger partial charge in [-0.3, -0.25) is 9.69 Å². The maximum Gasteiger partial charge on any atom is 0.237 e. The van der Waals surface area contributed by atoms with Crippen molar-refractivity contribution in [3.05, 3.63) is 35.1 Å². The lowest BCUT2D eigenvalue weighted by molar-refractivity contribution is -0.129. The molecule has 1 aliphatic heterocycles. The van der Waals surface area contributed by atoms with Crippen LogP contribution in [0.25, 0.3) is 0 Å². The average Bonchev–Trinajstić information content (AvgIpc) is 2.47. The first-order valence-corrected chi connectivity index (χ1v) is 6.61. The maximum absolute atomic E-state index is 13.3. The minimum Gasteiger partial charge on any atom is -0.384 e. The van der Waals surface area contributed by atoms with E-state index in [1.54, 1.807) is 6.07 Å². The van der Waals surface area contributed by atoms with Crippen molar-refractivity contribution in [2.24, 2.45) is 5.73 Å². The minimum atomic E-state index is -0.498. The Hall–Kier alpha value is -1.94. The summed E-state index contributed by atoms with van der Waals surface area (Å²) in [5.74, 6) is 4.39. The zero-order valence-corrected chi connectivity index (χ0v) is 11.5. The van der Waals surface area contributed by atoms with Crippen LogP contribution in [0, 0.1) is 17.7 Å². The Labute approximate surface area is 122 Å². The van der Waals surface area contributed by atoms with E-state index in [4.69, 9.17) is 15.6 Å². The summed E-state index contributed by atoms with van der Waals surface area (Å²) in [6.07, 6.45) is 0. The topological polar surface area (TPSA) is 75.8 Å². The molecule has 6 heteroatoms. The van der Waals surface area contributed by atoms with E-state index >= 15 is 0 Å². The molecular weight excluding hydrogens is 275 g/mol. The van der Waals surface area contributed by atoms with Crippen molar-refractivity contribution >= 4 is 5.91 Å². The molecule has 1 amide bonds. The van der Waals surface area contributed by atoms with Gasteiger partial charge in [0.15, 0.2) is 0 Å². The number of ether oxygens (including phenoxy) is 1. The second-order valence-electron chi connectivity index (χ2n) is 4.72. The van der Waals surface area contributed by atoms with E-state index in [0.717, 1.165) is 5.56 Å². The Morgan fingerprint density at radius 3 is 3.10 bits per heavy atom. The fourth-order valence-electron chi connectivity index (χ4n) is 2.25. The first-order chi connectivity index (χ1) is 10.1. The van der Waals surface area contributed by atoms with Crippen molar-refractivity contribution in [1.82, 2.24) is 4.90 Å². The van der Waals surface area contributed by atoms with E-state index < -0.39 is 17.8 Å². The van der Waals surface area contributed by atoms with E-state index in [1.165, 1.54) is 12.1 Å². The van der Waals surface area contributed by atoms with Crippen LogP contribution >= 0.6 is 0 Å². The number of aliphatic hydroxyl groups excluding tert-OH is 1. The number of hydrogen-bond donors (Lipinski definition) is 2. The lowest BCUT2D eigenvalue weighted by atomic mass is 10.1. The second kappa shape index (κ2) is 7.18. The van der Waals surface area contributed by atoms with Gasteiger partial charge in [0.1, 0.15) is 18.5 Å². The molecule has 21 heavy (non-hydrogen) atoms. The highest BCUT2D eigenvalue weighted by molar-refractivity contribution is 5.80. The number of benzene rings is 1. The fraction of sp³-hybridized carbons (Fsp3) is 0.400. The van der Waals surface area contributed by atoms with Gasteiger partial charge in [-0.25, -0.2) is 4.39 Å². The molecule has 1 fully saturated rings. The summed E-state index contributed by atoms with van der Waals surface area (Å²) in [4.78, 5) is 13.3. The number of halogens is 1. The zero-order chi connectivity index (χ0) is 15.2. The normalized spacial score (nSPS) is 18.9. The number of nitrogens with zero attached hydrogens (tertiary/aromatic N) is 1. The third kappa shape index (κ3) is 4.02. The first-order valence-electron chi connectivity index (χ1n) is 6.61. The number of rotatable bonds is 3. The van der Waals surface area contributed by atoms with Gasteiger partial charge in [0.05, 0.1) is 13.2 Å². The predicted octanol–water partition coefficient (Wildman–Crippen LogP) is -0.144. The average molecular weight is 292 g/mol. The second-order valence-corrected chi connectivity index (χ2v) is 4.72. The molecule has 0 spiro atoms. The molecular formula is C15H17FN2O3. The molecule has 112 valence electrons. The highest BCUT2D eigenvalue weighted by Gasteiger charge is 2.27. The monoisotopic (exact) mass is 292 g/mol. The van der Waals surface area contributed by atoms with Gasteiger partial charge < -0.3 is 15.6 Å². The minimum absolute atomic E-state index is 0.258. The zero-order valence-electron chi connectivity index (χ0n) is 11.5. The Morgan fingerprint density at radius 1 is 1.57 bits per heavy atom. The number of nitrogens with two attached hydrogens (primary N) is 1. The first kappa shape index (κ1) is 15.4. The van der Waals surface area contributed by atoms with Crippen LogP contribution in [0.4, 0.5) is 4.39 Å². The molecule has 1 aliphatic rings. The summed E-state index contributed by atoms with van der Waals surface area (Å²) in [5, 5.41) is 8.77. The highest BCUT2D eigenvalue weighted by Crippen LogP contribution is 2.16. The molecule has 0 radical (unpaired) electrons. The quantitative estimate of drug-likeness (QED) is 0.760. The Bertz CT molecular complexity index is 580. The largest absolute Gasteiger partial charge is 0.384 e. The summed E-state index contributed by atoms with van der Waals surface area (Å²) in [6.45, 7) is 1.47. The van der Waals surface area contributed by atoms with Gasteiger partial charge in [0, 0.05) is 18.7 Å². The van der Waals surface area contributed by atoms with Crippen LogP contribution in [-0.2, 0) is 16.1 Å². The van der Waals surface area contributed by atoms with Gasteiger partial charge in [-0.05, 0) is 17.7 Å². The van der Waals surface area contributed by atoms with Crippen molar-refractivity contribution in [2.45, 2.75) is 12.6 Å². The van der Waals surface area contributed by atoms with Crippen LogP contribution < -0.4 is 5.73 Å². The van der Waals surface area contributed by atoms with Gasteiger partial charge in [-0.2, -0.15) is 0 Å². The molecule has 0 aromatic heterocycles. The highest BCUT2D eigenvalue weighted by atomic mass is 19.1. The van der Waals surface area contributed by atoms with E-state index in [-0.39, 0.29) is 13.2 Å². The Morgan fingerprint density at radius 2 is 2.38 bits per heavy atom. The summed E-state index contributed by atoms with van der Waals surface area (Å²) >= 11 is 0. The molecule has 2 rings (SSSR count). The molecule has 0 saturated carbocycles. The number of morpholine rings is 1. The number of primary amides is 1. The summed E-state index contributed by atoms with van der Waals surface area (Å²) < 4.78 is 18.6. The van der Waals surface area contributed by atoms with Crippen molar-refractivity contribution in [2.75, 3.05) is 26.4 Å².